The lowest BCUT2D eigenvalue weighted by atomic mass is 10.1. The van der Waals surface area contributed by atoms with Gasteiger partial charge in [-0.3, -0.25) is 14.6 Å². The number of benzene rings is 2. The molecule has 1 N–H and O–H groups in total. The van der Waals surface area contributed by atoms with Crippen LogP contribution in [0.1, 0.15) is 39.3 Å². The highest BCUT2D eigenvalue weighted by Crippen LogP contribution is 3.02. The number of nitriles is 1. The number of amides is 2. The van der Waals surface area contributed by atoms with E-state index in [0.717, 1.165) is 12.1 Å². The molecule has 0 spiro atoms. The van der Waals surface area contributed by atoms with Crippen molar-refractivity contribution < 1.29 is 38.5 Å². The van der Waals surface area contributed by atoms with Crippen molar-refractivity contribution in [1.82, 2.24) is 14.9 Å². The molecule has 0 bridgehead atoms. The second kappa shape index (κ2) is 11.4. The predicted molar refractivity (Wildman–Crippen MR) is 155 cm³/mol. The zero-order chi connectivity index (χ0) is 32.3. The molecule has 5 rings (SSSR count). The van der Waals surface area contributed by atoms with Gasteiger partial charge in [0.25, 0.3) is 11.8 Å². The Labute approximate surface area is 254 Å². The number of hydrogen-bond acceptors (Lipinski definition) is 7. The number of nitrogens with one attached hydrogen (secondary N) is 1. The van der Waals surface area contributed by atoms with Gasteiger partial charge in [-0.15, -0.1) is 0 Å². The van der Waals surface area contributed by atoms with Crippen molar-refractivity contribution in [3.05, 3.63) is 102 Å². The highest BCUT2D eigenvalue weighted by molar-refractivity contribution is 8.45. The third kappa shape index (κ3) is 8.03. The molecule has 2 aromatic carbocycles. The molecule has 234 valence electrons. The molecule has 1 aliphatic rings. The Kier molecular flexibility index (Phi) is 7.88. The zero-order valence-corrected chi connectivity index (χ0v) is 24.0. The van der Waals surface area contributed by atoms with E-state index in [-0.39, 0.29) is 47.2 Å². The standard InChI is InChI=1S/C30H24F5N5O4S/c31-45(32,33,34,35)26-9-7-24(8-10-26)44-28-12-4-22(19-38-28)39-29(41)27-11-3-21(18-37-27)30(42)40-15-13-25(14-16-40)43-23-5-1-20(17-36)2-6-23/h1-12,18-19,25H,13-16H2,(H,39,41). The summed E-state index contributed by atoms with van der Waals surface area (Å²) in [6, 6.07) is 16.5. The smallest absolute Gasteiger partial charge is 0.310 e. The average Bonchev–Trinajstić information content (AvgIpc) is 3.01. The number of anilines is 1. The van der Waals surface area contributed by atoms with Gasteiger partial charge in [0.2, 0.25) is 5.88 Å². The van der Waals surface area contributed by atoms with Crippen molar-refractivity contribution in [2.45, 2.75) is 23.8 Å². The van der Waals surface area contributed by atoms with Crippen molar-refractivity contribution in [1.29, 1.82) is 5.26 Å². The van der Waals surface area contributed by atoms with Crippen molar-refractivity contribution >= 4 is 27.7 Å². The van der Waals surface area contributed by atoms with Crippen LogP contribution in [-0.2, 0) is 0 Å². The number of carbonyl (C=O) groups is 2. The molecule has 1 fully saturated rings. The first kappa shape index (κ1) is 31.2. The average molecular weight is 646 g/mol. The lowest BCUT2D eigenvalue weighted by Gasteiger charge is -2.40. The van der Waals surface area contributed by atoms with Crippen LogP contribution in [0.5, 0.6) is 17.4 Å². The number of carbonyl (C=O) groups excluding carboxylic acids is 2. The van der Waals surface area contributed by atoms with Gasteiger partial charge in [0, 0.05) is 38.2 Å². The molecule has 2 aromatic heterocycles. The first-order valence-corrected chi connectivity index (χ1v) is 15.3. The highest BCUT2D eigenvalue weighted by Gasteiger charge is 2.65. The first-order chi connectivity index (χ1) is 21.2. The number of likely N-dealkylation sites (tertiary alicyclic amines) is 1. The van der Waals surface area contributed by atoms with Crippen LogP contribution in [0.4, 0.5) is 25.1 Å². The van der Waals surface area contributed by atoms with Gasteiger partial charge in [-0.2, -0.15) is 5.26 Å². The Morgan fingerprint density at radius 3 is 2.07 bits per heavy atom. The zero-order valence-electron chi connectivity index (χ0n) is 23.2. The van der Waals surface area contributed by atoms with Gasteiger partial charge in [-0.1, -0.05) is 19.4 Å². The molecule has 3 heterocycles. The summed E-state index contributed by atoms with van der Waals surface area (Å²) in [5.41, 5.74) is 1.14. The summed E-state index contributed by atoms with van der Waals surface area (Å²) in [6.45, 7) is 0.954. The van der Waals surface area contributed by atoms with Gasteiger partial charge >= 0.3 is 10.2 Å². The minimum atomic E-state index is -9.79. The number of aromatic nitrogens is 2. The van der Waals surface area contributed by atoms with E-state index in [4.69, 9.17) is 14.7 Å². The highest BCUT2D eigenvalue weighted by atomic mass is 32.5. The number of rotatable bonds is 8. The molecular weight excluding hydrogens is 621 g/mol. The molecule has 9 nitrogen and oxygen atoms in total. The van der Waals surface area contributed by atoms with E-state index >= 15 is 0 Å². The quantitative estimate of drug-likeness (QED) is 0.195. The molecule has 4 aromatic rings. The van der Waals surface area contributed by atoms with Crippen molar-refractivity contribution in [2.75, 3.05) is 18.4 Å². The lowest BCUT2D eigenvalue weighted by molar-refractivity contribution is 0.0594. The van der Waals surface area contributed by atoms with E-state index in [9.17, 15) is 29.0 Å². The normalized spacial score (nSPS) is 15.2. The maximum absolute atomic E-state index is 13.0. The van der Waals surface area contributed by atoms with Crippen molar-refractivity contribution in [3.8, 4) is 23.4 Å². The van der Waals surface area contributed by atoms with Gasteiger partial charge in [-0.05, 0) is 66.7 Å². The van der Waals surface area contributed by atoms with Gasteiger partial charge in [0.15, 0.2) is 0 Å². The van der Waals surface area contributed by atoms with E-state index in [0.29, 0.717) is 42.8 Å². The SMILES string of the molecule is N#Cc1ccc(OC2CCN(C(=O)c3ccc(C(=O)Nc4ccc(Oc5ccc(S(F)(F)(F)(F)F)cc5)nc4)nc3)CC2)cc1. The van der Waals surface area contributed by atoms with E-state index in [2.05, 4.69) is 21.4 Å². The Morgan fingerprint density at radius 2 is 1.51 bits per heavy atom. The van der Waals surface area contributed by atoms with Gasteiger partial charge in [0.1, 0.15) is 28.2 Å². The minimum Gasteiger partial charge on any atom is -0.490 e. The van der Waals surface area contributed by atoms with Gasteiger partial charge in [-0.25, -0.2) is 4.98 Å². The van der Waals surface area contributed by atoms with Gasteiger partial charge in [0.05, 0.1) is 29.1 Å². The van der Waals surface area contributed by atoms with Crippen LogP contribution in [-0.4, -0.2) is 45.9 Å². The lowest BCUT2D eigenvalue weighted by Crippen LogP contribution is -2.41. The molecule has 45 heavy (non-hydrogen) atoms. The van der Waals surface area contributed by atoms with E-state index in [1.807, 2.05) is 0 Å². The number of halogens is 5. The summed E-state index contributed by atoms with van der Waals surface area (Å²) < 4.78 is 75.6. The molecule has 2 amide bonds. The number of piperidine rings is 1. The van der Waals surface area contributed by atoms with Crippen molar-refractivity contribution in [2.24, 2.45) is 0 Å². The maximum atomic E-state index is 13.0. The number of nitrogens with zero attached hydrogens (tertiary/aromatic N) is 4. The second-order valence-corrected chi connectivity index (χ2v) is 12.5. The van der Waals surface area contributed by atoms with E-state index in [1.54, 1.807) is 29.2 Å². The van der Waals surface area contributed by atoms with Crippen LogP contribution < -0.4 is 14.8 Å². The minimum absolute atomic E-state index is 0.0328. The summed E-state index contributed by atoms with van der Waals surface area (Å²) >= 11 is 0. The first-order valence-electron chi connectivity index (χ1n) is 13.4. The largest absolute Gasteiger partial charge is 0.490 e. The summed E-state index contributed by atoms with van der Waals surface area (Å²) in [7, 11) is -9.79. The van der Waals surface area contributed by atoms with Crippen LogP contribution in [0.2, 0.25) is 0 Å². The monoisotopic (exact) mass is 645 g/mol. The Bertz CT molecular complexity index is 1740. The number of ether oxygens (including phenoxy) is 2. The fourth-order valence-electron chi connectivity index (χ4n) is 4.41. The molecule has 15 heteroatoms. The Balaban J connectivity index is 1.11. The van der Waals surface area contributed by atoms with E-state index < -0.39 is 21.0 Å². The van der Waals surface area contributed by atoms with E-state index in [1.165, 1.54) is 36.7 Å². The summed E-state index contributed by atoms with van der Waals surface area (Å²) in [5.74, 6) is -0.359. The van der Waals surface area contributed by atoms with Crippen LogP contribution >= 0.6 is 10.2 Å². The summed E-state index contributed by atoms with van der Waals surface area (Å²) in [6.07, 6.45) is 3.72. The fraction of sp³-hybridized carbons (Fsp3) is 0.167. The predicted octanol–water partition coefficient (Wildman–Crippen LogP) is 7.73. The number of pyridine rings is 2. The van der Waals surface area contributed by atoms with Crippen LogP contribution in [0.3, 0.4) is 0 Å². The Hall–Kier alpha value is -5.23. The second-order valence-electron chi connectivity index (χ2n) is 10.1. The van der Waals surface area contributed by atoms with Gasteiger partial charge < -0.3 is 19.7 Å². The van der Waals surface area contributed by atoms with Crippen LogP contribution in [0, 0.1) is 11.3 Å². The van der Waals surface area contributed by atoms with Crippen LogP contribution in [0.25, 0.3) is 0 Å². The molecule has 1 saturated heterocycles. The molecule has 0 saturated carbocycles. The fourth-order valence-corrected chi connectivity index (χ4v) is 5.06. The van der Waals surface area contributed by atoms with Crippen LogP contribution in [0.15, 0.2) is 90.1 Å². The topological polar surface area (TPSA) is 117 Å². The summed E-state index contributed by atoms with van der Waals surface area (Å²) in [5, 5.41) is 11.5. The maximum Gasteiger partial charge on any atom is 0.310 e. The molecule has 1 aliphatic heterocycles. The molecular formula is C30H24F5N5O4S. The molecule has 0 radical (unpaired) electrons. The molecule has 0 unspecified atom stereocenters. The Morgan fingerprint density at radius 1 is 0.844 bits per heavy atom. The molecule has 0 aliphatic carbocycles. The number of hydrogen-bond donors (Lipinski definition) is 1. The molecule has 0 atom stereocenters. The van der Waals surface area contributed by atoms with Crippen molar-refractivity contribution in [3.63, 3.8) is 0 Å². The third-order valence-electron chi connectivity index (χ3n) is 6.74. The third-order valence-corrected chi connectivity index (χ3v) is 7.91. The summed E-state index contributed by atoms with van der Waals surface area (Å²) in [4.78, 5) is 33.3.